The van der Waals surface area contributed by atoms with E-state index in [0.29, 0.717) is 5.96 Å². The van der Waals surface area contributed by atoms with Crippen molar-refractivity contribution in [2.24, 2.45) is 10.7 Å². The molecule has 1 aliphatic heterocycles. The van der Waals surface area contributed by atoms with Crippen molar-refractivity contribution in [1.29, 1.82) is 0 Å². The quantitative estimate of drug-likeness (QED) is 0.663. The summed E-state index contributed by atoms with van der Waals surface area (Å²) in [5, 5.41) is 8.16. The molecule has 0 radical (unpaired) electrons. The molecular weight excluding hydrogens is 270 g/mol. The third-order valence-corrected chi connectivity index (χ3v) is 4.46. The molecule has 0 bridgehead atoms. The smallest absolute Gasteiger partial charge is 0.191 e. The number of nitrogens with two attached hydrogens (primary N) is 1. The number of fused-ring (bicyclic) bond motifs is 1. The van der Waals surface area contributed by atoms with Gasteiger partial charge in [0.05, 0.1) is 11.7 Å². The fourth-order valence-electron chi connectivity index (χ4n) is 2.33. The van der Waals surface area contributed by atoms with Gasteiger partial charge in [-0.2, -0.15) is 16.9 Å². The van der Waals surface area contributed by atoms with Crippen LogP contribution in [0.1, 0.15) is 5.56 Å². The molecule has 5 nitrogen and oxygen atoms in total. The highest BCUT2D eigenvalue weighted by atomic mass is 32.2. The van der Waals surface area contributed by atoms with E-state index in [2.05, 4.69) is 38.3 Å². The summed E-state index contributed by atoms with van der Waals surface area (Å²) < 4.78 is 0. The minimum Gasteiger partial charge on any atom is -0.370 e. The molecule has 106 valence electrons. The van der Waals surface area contributed by atoms with Crippen LogP contribution in [0, 0.1) is 0 Å². The highest BCUT2D eigenvalue weighted by Crippen LogP contribution is 2.13. The molecule has 3 N–H and O–H groups in total. The van der Waals surface area contributed by atoms with Crippen LogP contribution in [-0.4, -0.2) is 52.2 Å². The average Bonchev–Trinajstić information content (AvgIpc) is 2.95. The van der Waals surface area contributed by atoms with Gasteiger partial charge in [-0.25, -0.2) is 0 Å². The van der Waals surface area contributed by atoms with Gasteiger partial charge in [-0.1, -0.05) is 12.1 Å². The maximum absolute atomic E-state index is 6.04. The Morgan fingerprint density at radius 1 is 1.40 bits per heavy atom. The molecule has 0 atom stereocenters. The van der Waals surface area contributed by atoms with Crippen molar-refractivity contribution < 1.29 is 0 Å². The normalized spacial score (nSPS) is 16.8. The third-order valence-electron chi connectivity index (χ3n) is 3.52. The summed E-state index contributed by atoms with van der Waals surface area (Å²) in [5.41, 5.74) is 8.37. The van der Waals surface area contributed by atoms with Gasteiger partial charge in [-0.05, 0) is 18.1 Å². The van der Waals surface area contributed by atoms with Crippen LogP contribution in [-0.2, 0) is 6.42 Å². The summed E-state index contributed by atoms with van der Waals surface area (Å²) in [5.74, 6) is 2.98. The Labute approximate surface area is 122 Å². The molecule has 1 fully saturated rings. The summed E-state index contributed by atoms with van der Waals surface area (Å²) in [4.78, 5) is 6.67. The number of H-pyrrole nitrogens is 1. The number of aromatic nitrogens is 2. The van der Waals surface area contributed by atoms with Gasteiger partial charge in [0.25, 0.3) is 0 Å². The minimum absolute atomic E-state index is 0.688. The number of guanidine groups is 1. The summed E-state index contributed by atoms with van der Waals surface area (Å²) in [6, 6.07) is 6.34. The molecule has 20 heavy (non-hydrogen) atoms. The lowest BCUT2D eigenvalue weighted by atomic mass is 10.1. The number of hydrogen-bond donors (Lipinski definition) is 2. The zero-order chi connectivity index (χ0) is 13.8. The van der Waals surface area contributed by atoms with Crippen LogP contribution in [0.3, 0.4) is 0 Å². The first kappa shape index (κ1) is 13.3. The van der Waals surface area contributed by atoms with Gasteiger partial charge in [0, 0.05) is 36.5 Å². The predicted octanol–water partition coefficient (Wildman–Crippen LogP) is 1.47. The largest absolute Gasteiger partial charge is 0.370 e. The number of hydrogen-bond acceptors (Lipinski definition) is 3. The van der Waals surface area contributed by atoms with E-state index in [1.807, 2.05) is 18.0 Å². The van der Waals surface area contributed by atoms with Crippen molar-refractivity contribution in [2.45, 2.75) is 6.42 Å². The number of aromatic amines is 1. The van der Waals surface area contributed by atoms with E-state index < -0.39 is 0 Å². The second-order valence-corrected chi connectivity index (χ2v) is 6.11. The Morgan fingerprint density at radius 3 is 3.10 bits per heavy atom. The van der Waals surface area contributed by atoms with E-state index in [-0.39, 0.29) is 0 Å². The average molecular weight is 289 g/mol. The number of nitrogens with one attached hydrogen (secondary N) is 1. The van der Waals surface area contributed by atoms with Crippen molar-refractivity contribution in [3.05, 3.63) is 30.0 Å². The Kier molecular flexibility index (Phi) is 4.11. The molecule has 1 aliphatic rings. The van der Waals surface area contributed by atoms with Gasteiger partial charge in [-0.15, -0.1) is 0 Å². The van der Waals surface area contributed by atoms with Crippen molar-refractivity contribution in [1.82, 2.24) is 15.1 Å². The lowest BCUT2D eigenvalue weighted by Gasteiger charge is -2.27. The second-order valence-electron chi connectivity index (χ2n) is 4.88. The van der Waals surface area contributed by atoms with Crippen LogP contribution in [0.25, 0.3) is 10.9 Å². The molecule has 3 rings (SSSR count). The Hall–Kier alpha value is -1.69. The van der Waals surface area contributed by atoms with Gasteiger partial charge in [0.1, 0.15) is 0 Å². The van der Waals surface area contributed by atoms with Crippen LogP contribution < -0.4 is 5.73 Å². The van der Waals surface area contributed by atoms with Crippen molar-refractivity contribution in [2.75, 3.05) is 31.1 Å². The summed E-state index contributed by atoms with van der Waals surface area (Å²) >= 11 is 1.98. The van der Waals surface area contributed by atoms with E-state index in [9.17, 15) is 0 Å². The molecule has 2 heterocycles. The predicted molar refractivity (Wildman–Crippen MR) is 85.2 cm³/mol. The SMILES string of the molecule is NC(=NCCc1ccc2cn[nH]c2c1)N1CCSCC1. The van der Waals surface area contributed by atoms with Gasteiger partial charge in [-0.3, -0.25) is 10.1 Å². The first-order valence-electron chi connectivity index (χ1n) is 6.87. The van der Waals surface area contributed by atoms with Crippen LogP contribution in [0.15, 0.2) is 29.4 Å². The van der Waals surface area contributed by atoms with Crippen molar-refractivity contribution in [3.63, 3.8) is 0 Å². The molecule has 0 saturated carbocycles. The minimum atomic E-state index is 0.688. The zero-order valence-corrected chi connectivity index (χ0v) is 12.2. The maximum atomic E-state index is 6.04. The summed E-state index contributed by atoms with van der Waals surface area (Å²) in [7, 11) is 0. The first-order valence-corrected chi connectivity index (χ1v) is 8.03. The van der Waals surface area contributed by atoms with Gasteiger partial charge in [0.2, 0.25) is 0 Å². The number of benzene rings is 1. The zero-order valence-electron chi connectivity index (χ0n) is 11.4. The molecule has 0 spiro atoms. The molecule has 6 heteroatoms. The fraction of sp³-hybridized carbons (Fsp3) is 0.429. The first-order chi connectivity index (χ1) is 9.83. The molecule has 0 unspecified atom stereocenters. The Morgan fingerprint density at radius 2 is 2.25 bits per heavy atom. The highest BCUT2D eigenvalue weighted by molar-refractivity contribution is 7.99. The van der Waals surface area contributed by atoms with Crippen LogP contribution in [0.4, 0.5) is 0 Å². The van der Waals surface area contributed by atoms with Crippen molar-refractivity contribution in [3.8, 4) is 0 Å². The van der Waals surface area contributed by atoms with Crippen LogP contribution in [0.2, 0.25) is 0 Å². The molecule has 1 aromatic carbocycles. The van der Waals surface area contributed by atoms with Gasteiger partial charge < -0.3 is 10.6 Å². The highest BCUT2D eigenvalue weighted by Gasteiger charge is 2.11. The van der Waals surface area contributed by atoms with Crippen LogP contribution in [0.5, 0.6) is 0 Å². The van der Waals surface area contributed by atoms with E-state index in [1.54, 1.807) is 0 Å². The molecule has 0 aliphatic carbocycles. The fourth-order valence-corrected chi connectivity index (χ4v) is 3.23. The van der Waals surface area contributed by atoms with Crippen molar-refractivity contribution >= 4 is 28.6 Å². The van der Waals surface area contributed by atoms with Gasteiger partial charge >= 0.3 is 0 Å². The standard InChI is InChI=1S/C14H19N5S/c15-14(19-5-7-20-8-6-19)16-4-3-11-1-2-12-10-17-18-13(12)9-11/h1-2,9-10H,3-8H2,(H2,15,16)(H,17,18). The van der Waals surface area contributed by atoms with E-state index >= 15 is 0 Å². The molecule has 1 aromatic heterocycles. The molecule has 0 amide bonds. The molecule has 2 aromatic rings. The number of nitrogens with zero attached hydrogens (tertiary/aromatic N) is 3. The Bertz CT molecular complexity index is 600. The van der Waals surface area contributed by atoms with Gasteiger partial charge in [0.15, 0.2) is 5.96 Å². The number of rotatable bonds is 3. The van der Waals surface area contributed by atoms with E-state index in [0.717, 1.165) is 48.5 Å². The maximum Gasteiger partial charge on any atom is 0.191 e. The second kappa shape index (κ2) is 6.17. The number of aliphatic imine (C=N–C) groups is 1. The lowest BCUT2D eigenvalue weighted by molar-refractivity contribution is 0.456. The summed E-state index contributed by atoms with van der Waals surface area (Å²) in [6.07, 6.45) is 2.74. The monoisotopic (exact) mass is 289 g/mol. The molecule has 1 saturated heterocycles. The Balaban J connectivity index is 1.58. The van der Waals surface area contributed by atoms with Crippen LogP contribution >= 0.6 is 11.8 Å². The topological polar surface area (TPSA) is 70.3 Å². The summed E-state index contributed by atoms with van der Waals surface area (Å²) in [6.45, 7) is 2.76. The van der Waals surface area contributed by atoms with E-state index in [4.69, 9.17) is 5.73 Å². The molecular formula is C14H19N5S. The third kappa shape index (κ3) is 3.07. The lowest BCUT2D eigenvalue weighted by Crippen LogP contribution is -2.42. The van der Waals surface area contributed by atoms with E-state index in [1.165, 1.54) is 5.56 Å². The number of thioether (sulfide) groups is 1.